The molecule has 0 aliphatic heterocycles. The quantitative estimate of drug-likeness (QED) is 0.371. The van der Waals surface area contributed by atoms with Gasteiger partial charge in [0, 0.05) is 5.92 Å². The van der Waals surface area contributed by atoms with Crippen LogP contribution in [-0.2, 0) is 4.79 Å². The average Bonchev–Trinajstić information content (AvgIpc) is 2.99. The molecule has 2 fully saturated rings. The SMILES string of the molecule is CC(C)=CCC[C@@H](C)[C@H]1CC[C@@]2(C)C3=C(CC[C@]12C)[C@@]1(C)CC[C@H](O)[C@@H](C=O)[C@@H]1CC3. The Hall–Kier alpha value is -0.890. The largest absolute Gasteiger partial charge is 0.392 e. The molecule has 1 N–H and O–H groups in total. The standard InChI is InChI=1S/C29H46O2/c1-19(2)8-7-9-20(3)22-12-16-29(6)25-11-10-23-21(18-30)26(31)14-15-27(23,4)24(25)13-17-28(22,29)5/h8,18,20-23,26,31H,7,9-17H2,1-6H3/t20-,21+,22-,23+,26+,27+,28-,29+/m1/s1. The second kappa shape index (κ2) is 8.15. The van der Waals surface area contributed by atoms with E-state index in [1.165, 1.54) is 44.1 Å². The lowest BCUT2D eigenvalue weighted by atomic mass is 9.45. The fourth-order valence-corrected chi connectivity index (χ4v) is 8.98. The molecule has 0 amide bonds. The van der Waals surface area contributed by atoms with E-state index in [1.807, 2.05) is 0 Å². The van der Waals surface area contributed by atoms with Crippen LogP contribution in [0.1, 0.15) is 106 Å². The first-order valence-electron chi connectivity index (χ1n) is 13.1. The van der Waals surface area contributed by atoms with Gasteiger partial charge in [-0.3, -0.25) is 0 Å². The number of aliphatic hydroxyl groups excluding tert-OH is 1. The van der Waals surface area contributed by atoms with Crippen molar-refractivity contribution in [3.63, 3.8) is 0 Å². The third-order valence-corrected chi connectivity index (χ3v) is 11.1. The summed E-state index contributed by atoms with van der Waals surface area (Å²) in [5.74, 6) is 1.76. The van der Waals surface area contributed by atoms with Crippen LogP contribution in [0.5, 0.6) is 0 Å². The molecule has 0 aromatic rings. The highest BCUT2D eigenvalue weighted by Gasteiger charge is 2.62. The molecule has 0 bridgehead atoms. The molecule has 8 atom stereocenters. The van der Waals surface area contributed by atoms with Gasteiger partial charge in [0.2, 0.25) is 0 Å². The number of fused-ring (bicyclic) bond motifs is 4. The molecule has 2 nitrogen and oxygen atoms in total. The summed E-state index contributed by atoms with van der Waals surface area (Å²) in [6.07, 6.45) is 14.9. The van der Waals surface area contributed by atoms with E-state index in [0.29, 0.717) is 16.7 Å². The number of carbonyl (C=O) groups excluding carboxylic acids is 1. The Bertz CT molecular complexity index is 774. The Morgan fingerprint density at radius 3 is 2.48 bits per heavy atom. The van der Waals surface area contributed by atoms with Crippen molar-refractivity contribution in [3.8, 4) is 0 Å². The zero-order chi connectivity index (χ0) is 22.6. The molecule has 0 saturated heterocycles. The molecule has 0 unspecified atom stereocenters. The molecule has 4 aliphatic rings. The third kappa shape index (κ3) is 3.42. The van der Waals surface area contributed by atoms with E-state index in [-0.39, 0.29) is 11.3 Å². The Morgan fingerprint density at radius 2 is 1.81 bits per heavy atom. The van der Waals surface area contributed by atoms with Crippen LogP contribution in [0.15, 0.2) is 22.8 Å². The fourth-order valence-electron chi connectivity index (χ4n) is 8.98. The molecule has 31 heavy (non-hydrogen) atoms. The third-order valence-electron chi connectivity index (χ3n) is 11.1. The highest BCUT2D eigenvalue weighted by Crippen LogP contribution is 2.71. The number of aliphatic hydroxyl groups is 1. The van der Waals surface area contributed by atoms with Gasteiger partial charge in [0.1, 0.15) is 6.29 Å². The first-order chi connectivity index (χ1) is 14.6. The van der Waals surface area contributed by atoms with Gasteiger partial charge in [0.25, 0.3) is 0 Å². The van der Waals surface area contributed by atoms with Gasteiger partial charge in [-0.15, -0.1) is 0 Å². The summed E-state index contributed by atoms with van der Waals surface area (Å²) < 4.78 is 0. The van der Waals surface area contributed by atoms with Crippen LogP contribution >= 0.6 is 0 Å². The topological polar surface area (TPSA) is 37.3 Å². The maximum Gasteiger partial charge on any atom is 0.125 e. The smallest absolute Gasteiger partial charge is 0.125 e. The van der Waals surface area contributed by atoms with Gasteiger partial charge >= 0.3 is 0 Å². The van der Waals surface area contributed by atoms with Gasteiger partial charge < -0.3 is 9.90 Å². The van der Waals surface area contributed by atoms with Crippen LogP contribution < -0.4 is 0 Å². The van der Waals surface area contributed by atoms with Gasteiger partial charge in [0.15, 0.2) is 0 Å². The second-order valence-corrected chi connectivity index (χ2v) is 12.6. The molecule has 2 heteroatoms. The molecule has 0 aromatic carbocycles. The molecule has 4 aliphatic carbocycles. The maximum atomic E-state index is 11.9. The molecule has 2 saturated carbocycles. The van der Waals surface area contributed by atoms with Crippen LogP contribution in [0.3, 0.4) is 0 Å². The van der Waals surface area contributed by atoms with Crippen molar-refractivity contribution >= 4 is 6.29 Å². The normalized spacial score (nSPS) is 45.4. The molecule has 0 spiro atoms. The second-order valence-electron chi connectivity index (χ2n) is 12.6. The van der Waals surface area contributed by atoms with E-state index in [9.17, 15) is 9.90 Å². The predicted octanol–water partition coefficient (Wildman–Crippen LogP) is 7.27. The Kier molecular flexibility index (Phi) is 6.12. The van der Waals surface area contributed by atoms with E-state index >= 15 is 0 Å². The number of aldehydes is 1. The van der Waals surface area contributed by atoms with Crippen LogP contribution in [0, 0.1) is 39.9 Å². The summed E-state index contributed by atoms with van der Waals surface area (Å²) in [6, 6.07) is 0. The molecular formula is C29H46O2. The number of carbonyl (C=O) groups is 1. The number of allylic oxidation sites excluding steroid dienone is 4. The van der Waals surface area contributed by atoms with E-state index < -0.39 is 6.10 Å². The first kappa shape index (κ1) is 23.3. The molecule has 0 radical (unpaired) electrons. The van der Waals surface area contributed by atoms with Crippen molar-refractivity contribution in [2.45, 2.75) is 112 Å². The summed E-state index contributed by atoms with van der Waals surface area (Å²) in [4.78, 5) is 11.9. The van der Waals surface area contributed by atoms with Crippen LogP contribution in [0.25, 0.3) is 0 Å². The molecule has 174 valence electrons. The van der Waals surface area contributed by atoms with E-state index in [1.54, 1.807) is 11.1 Å². The summed E-state index contributed by atoms with van der Waals surface area (Å²) >= 11 is 0. The van der Waals surface area contributed by atoms with Gasteiger partial charge in [-0.05, 0) is 112 Å². The summed E-state index contributed by atoms with van der Waals surface area (Å²) in [5, 5.41) is 10.5. The Balaban J connectivity index is 1.64. The molecule has 0 aromatic heterocycles. The van der Waals surface area contributed by atoms with Crippen LogP contribution in [-0.4, -0.2) is 17.5 Å². The maximum absolute atomic E-state index is 11.9. The van der Waals surface area contributed by atoms with Gasteiger partial charge in [-0.25, -0.2) is 0 Å². The highest BCUT2D eigenvalue weighted by atomic mass is 16.3. The van der Waals surface area contributed by atoms with E-state index in [0.717, 1.165) is 43.8 Å². The Labute approximate surface area is 191 Å². The summed E-state index contributed by atoms with van der Waals surface area (Å²) in [7, 11) is 0. The highest BCUT2D eigenvalue weighted by molar-refractivity contribution is 5.57. The van der Waals surface area contributed by atoms with Crippen LogP contribution in [0.4, 0.5) is 0 Å². The summed E-state index contributed by atoms with van der Waals surface area (Å²) in [6.45, 7) is 14.6. The summed E-state index contributed by atoms with van der Waals surface area (Å²) in [5.41, 5.74) is 5.77. The van der Waals surface area contributed by atoms with Crippen molar-refractivity contribution in [2.75, 3.05) is 0 Å². The minimum Gasteiger partial charge on any atom is -0.392 e. The molecule has 4 rings (SSSR count). The van der Waals surface area contributed by atoms with Crippen molar-refractivity contribution in [3.05, 3.63) is 22.8 Å². The number of hydrogen-bond donors (Lipinski definition) is 1. The fraction of sp³-hybridized carbons (Fsp3) is 0.828. The zero-order valence-corrected chi connectivity index (χ0v) is 21.0. The van der Waals surface area contributed by atoms with Gasteiger partial charge in [-0.1, -0.05) is 50.5 Å². The number of rotatable bonds is 5. The lowest BCUT2D eigenvalue weighted by molar-refractivity contribution is -0.124. The zero-order valence-electron chi connectivity index (χ0n) is 21.0. The van der Waals surface area contributed by atoms with Crippen molar-refractivity contribution < 1.29 is 9.90 Å². The monoisotopic (exact) mass is 426 g/mol. The van der Waals surface area contributed by atoms with Gasteiger partial charge in [0.05, 0.1) is 6.10 Å². The van der Waals surface area contributed by atoms with Crippen molar-refractivity contribution in [1.82, 2.24) is 0 Å². The lowest BCUT2D eigenvalue weighted by Crippen LogP contribution is -2.52. The molecular weight excluding hydrogens is 380 g/mol. The predicted molar refractivity (Wildman–Crippen MR) is 129 cm³/mol. The first-order valence-corrected chi connectivity index (χ1v) is 13.1. The van der Waals surface area contributed by atoms with Crippen molar-refractivity contribution in [1.29, 1.82) is 0 Å². The number of hydrogen-bond acceptors (Lipinski definition) is 2. The minimum absolute atomic E-state index is 0.121. The van der Waals surface area contributed by atoms with Crippen LogP contribution in [0.2, 0.25) is 0 Å². The van der Waals surface area contributed by atoms with Gasteiger partial charge in [-0.2, -0.15) is 0 Å². The molecule has 0 heterocycles. The van der Waals surface area contributed by atoms with E-state index in [4.69, 9.17) is 0 Å². The average molecular weight is 427 g/mol. The lowest BCUT2D eigenvalue weighted by Gasteiger charge is -2.59. The van der Waals surface area contributed by atoms with E-state index in [2.05, 4.69) is 47.6 Å². The minimum atomic E-state index is -0.431. The van der Waals surface area contributed by atoms with Crippen molar-refractivity contribution in [2.24, 2.45) is 39.9 Å². The Morgan fingerprint density at radius 1 is 1.06 bits per heavy atom.